The van der Waals surface area contributed by atoms with E-state index in [2.05, 4.69) is 0 Å². The molecule has 4 N–H and O–H groups in total. The van der Waals surface area contributed by atoms with Gasteiger partial charge in [0.1, 0.15) is 19.3 Å². The van der Waals surface area contributed by atoms with Crippen molar-refractivity contribution in [2.45, 2.75) is 13.0 Å². The van der Waals surface area contributed by atoms with E-state index in [0.29, 0.717) is 4.90 Å². The second-order valence-electron chi connectivity index (χ2n) is 2.55. The summed E-state index contributed by atoms with van der Waals surface area (Å²) in [5.41, 5.74) is 4.87. The van der Waals surface area contributed by atoms with Crippen LogP contribution in [0.3, 0.4) is 0 Å². The van der Waals surface area contributed by atoms with Gasteiger partial charge in [0, 0.05) is 0 Å². The standard InChI is InChI=1S/C7H12N2O5/c1-4(7(8)14)9(5(12)2-10)6(13)3-11/h4,10-11H,2-3H2,1H3,(H2,8,14). The Morgan fingerprint density at radius 3 is 1.79 bits per heavy atom. The van der Waals surface area contributed by atoms with Gasteiger partial charge in [0.05, 0.1) is 0 Å². The Kier molecular flexibility index (Phi) is 4.74. The molecule has 0 aliphatic carbocycles. The lowest BCUT2D eigenvalue weighted by Crippen LogP contribution is -2.51. The van der Waals surface area contributed by atoms with E-state index < -0.39 is 37.0 Å². The Balaban J connectivity index is 4.80. The van der Waals surface area contributed by atoms with Crippen molar-refractivity contribution in [2.24, 2.45) is 5.73 Å². The number of hydrogen-bond donors (Lipinski definition) is 3. The van der Waals surface area contributed by atoms with E-state index >= 15 is 0 Å². The van der Waals surface area contributed by atoms with Gasteiger partial charge in [-0.1, -0.05) is 0 Å². The first-order valence-corrected chi connectivity index (χ1v) is 3.81. The fourth-order valence-corrected chi connectivity index (χ4v) is 0.851. The number of aliphatic hydroxyl groups excluding tert-OH is 2. The van der Waals surface area contributed by atoms with Crippen molar-refractivity contribution >= 4 is 17.7 Å². The Labute approximate surface area is 80.1 Å². The zero-order valence-electron chi connectivity index (χ0n) is 7.64. The molecular formula is C7H12N2O5. The fraction of sp³-hybridized carbons (Fsp3) is 0.571. The number of hydrogen-bond acceptors (Lipinski definition) is 5. The van der Waals surface area contributed by atoms with E-state index in [0.717, 1.165) is 0 Å². The molecule has 0 saturated carbocycles. The van der Waals surface area contributed by atoms with Crippen LogP contribution in [0.2, 0.25) is 0 Å². The topological polar surface area (TPSA) is 121 Å². The minimum absolute atomic E-state index is 0.433. The van der Waals surface area contributed by atoms with E-state index in [9.17, 15) is 14.4 Å². The molecule has 14 heavy (non-hydrogen) atoms. The molecule has 0 aromatic heterocycles. The van der Waals surface area contributed by atoms with Crippen LogP contribution in [0.1, 0.15) is 6.92 Å². The number of nitrogens with two attached hydrogens (primary N) is 1. The highest BCUT2D eigenvalue weighted by Gasteiger charge is 2.28. The summed E-state index contributed by atoms with van der Waals surface area (Å²) < 4.78 is 0. The second kappa shape index (κ2) is 5.30. The maximum absolute atomic E-state index is 11.0. The zero-order valence-corrected chi connectivity index (χ0v) is 7.64. The highest BCUT2D eigenvalue weighted by Crippen LogP contribution is 2.00. The third kappa shape index (κ3) is 2.79. The number of primary amides is 1. The van der Waals surface area contributed by atoms with Crippen molar-refractivity contribution in [1.82, 2.24) is 4.90 Å². The van der Waals surface area contributed by atoms with Crippen molar-refractivity contribution in [1.29, 1.82) is 0 Å². The van der Waals surface area contributed by atoms with E-state index in [1.165, 1.54) is 6.92 Å². The molecular weight excluding hydrogens is 192 g/mol. The zero-order chi connectivity index (χ0) is 11.3. The minimum Gasteiger partial charge on any atom is -0.387 e. The van der Waals surface area contributed by atoms with Crippen LogP contribution in [-0.2, 0) is 14.4 Å². The first kappa shape index (κ1) is 12.5. The maximum Gasteiger partial charge on any atom is 0.255 e. The lowest BCUT2D eigenvalue weighted by Gasteiger charge is -2.23. The highest BCUT2D eigenvalue weighted by molar-refractivity contribution is 6.00. The van der Waals surface area contributed by atoms with Gasteiger partial charge < -0.3 is 15.9 Å². The predicted octanol–water partition coefficient (Wildman–Crippen LogP) is -2.80. The maximum atomic E-state index is 11.0. The molecule has 3 amide bonds. The number of aliphatic hydroxyl groups is 2. The molecule has 0 aromatic carbocycles. The van der Waals surface area contributed by atoms with Crippen LogP contribution in [0, 0.1) is 0 Å². The average molecular weight is 204 g/mol. The Morgan fingerprint density at radius 1 is 1.21 bits per heavy atom. The molecule has 0 rings (SSSR count). The van der Waals surface area contributed by atoms with Crippen LogP contribution >= 0.6 is 0 Å². The SMILES string of the molecule is CC(C(N)=O)N(C(=O)CO)C(=O)CO. The summed E-state index contributed by atoms with van der Waals surface area (Å²) >= 11 is 0. The molecule has 0 aliphatic heterocycles. The largest absolute Gasteiger partial charge is 0.387 e. The van der Waals surface area contributed by atoms with E-state index in [4.69, 9.17) is 15.9 Å². The average Bonchev–Trinajstić information content (AvgIpc) is 2.16. The first-order chi connectivity index (χ1) is 6.45. The van der Waals surface area contributed by atoms with Gasteiger partial charge in [0.2, 0.25) is 5.91 Å². The molecule has 0 bridgehead atoms. The monoisotopic (exact) mass is 204 g/mol. The van der Waals surface area contributed by atoms with Crippen LogP contribution in [0.4, 0.5) is 0 Å². The third-order valence-corrected chi connectivity index (χ3v) is 1.61. The molecule has 7 nitrogen and oxygen atoms in total. The van der Waals surface area contributed by atoms with Crippen LogP contribution < -0.4 is 5.73 Å². The van der Waals surface area contributed by atoms with E-state index in [1.54, 1.807) is 0 Å². The Bertz CT molecular complexity index is 236. The van der Waals surface area contributed by atoms with E-state index in [-0.39, 0.29) is 0 Å². The summed E-state index contributed by atoms with van der Waals surface area (Å²) in [7, 11) is 0. The minimum atomic E-state index is -1.19. The Morgan fingerprint density at radius 2 is 1.57 bits per heavy atom. The summed E-state index contributed by atoms with van der Waals surface area (Å²) in [6, 6.07) is -1.19. The summed E-state index contributed by atoms with van der Waals surface area (Å²) in [5.74, 6) is -2.85. The quantitative estimate of drug-likeness (QED) is 0.456. The molecule has 0 aromatic rings. The number of rotatable bonds is 4. The third-order valence-electron chi connectivity index (χ3n) is 1.61. The number of amides is 3. The van der Waals surface area contributed by atoms with Gasteiger partial charge in [0.15, 0.2) is 0 Å². The lowest BCUT2D eigenvalue weighted by atomic mass is 10.2. The van der Waals surface area contributed by atoms with Gasteiger partial charge in [-0.25, -0.2) is 0 Å². The van der Waals surface area contributed by atoms with E-state index in [1.807, 2.05) is 0 Å². The molecule has 0 fully saturated rings. The first-order valence-electron chi connectivity index (χ1n) is 3.81. The van der Waals surface area contributed by atoms with Crippen LogP contribution in [0.5, 0.6) is 0 Å². The lowest BCUT2D eigenvalue weighted by molar-refractivity contribution is -0.154. The van der Waals surface area contributed by atoms with Crippen molar-refractivity contribution in [3.8, 4) is 0 Å². The van der Waals surface area contributed by atoms with Crippen molar-refractivity contribution in [3.63, 3.8) is 0 Å². The van der Waals surface area contributed by atoms with Crippen LogP contribution in [0.15, 0.2) is 0 Å². The van der Waals surface area contributed by atoms with Crippen molar-refractivity contribution in [2.75, 3.05) is 13.2 Å². The highest BCUT2D eigenvalue weighted by atomic mass is 16.3. The van der Waals surface area contributed by atoms with Gasteiger partial charge in [-0.3, -0.25) is 19.3 Å². The van der Waals surface area contributed by atoms with Crippen molar-refractivity contribution in [3.05, 3.63) is 0 Å². The molecule has 1 atom stereocenters. The number of nitrogens with zero attached hydrogens (tertiary/aromatic N) is 1. The summed E-state index contributed by atoms with van der Waals surface area (Å²) in [6.45, 7) is -0.629. The van der Waals surface area contributed by atoms with Crippen LogP contribution in [-0.4, -0.2) is 52.1 Å². The Hall–Kier alpha value is -1.47. The molecule has 0 heterocycles. The molecule has 1 unspecified atom stereocenters. The van der Waals surface area contributed by atoms with Gasteiger partial charge in [0.25, 0.3) is 11.8 Å². The second-order valence-corrected chi connectivity index (χ2v) is 2.55. The molecule has 0 spiro atoms. The number of carbonyl (C=O) groups excluding carboxylic acids is 3. The molecule has 0 saturated heterocycles. The molecule has 7 heteroatoms. The predicted molar refractivity (Wildman–Crippen MR) is 44.7 cm³/mol. The molecule has 0 aliphatic rings. The van der Waals surface area contributed by atoms with Gasteiger partial charge in [-0.15, -0.1) is 0 Å². The smallest absolute Gasteiger partial charge is 0.255 e. The summed E-state index contributed by atoms with van der Waals surface area (Å²) in [6.07, 6.45) is 0. The van der Waals surface area contributed by atoms with Gasteiger partial charge in [-0.05, 0) is 6.92 Å². The number of carbonyl (C=O) groups is 3. The fourth-order valence-electron chi connectivity index (χ4n) is 0.851. The van der Waals surface area contributed by atoms with Gasteiger partial charge in [-0.2, -0.15) is 0 Å². The summed E-state index contributed by atoms with van der Waals surface area (Å²) in [5, 5.41) is 17.0. The number of imide groups is 1. The van der Waals surface area contributed by atoms with Crippen molar-refractivity contribution < 1.29 is 24.6 Å². The molecule has 0 radical (unpaired) electrons. The summed E-state index contributed by atoms with van der Waals surface area (Å²) in [4.78, 5) is 33.1. The molecule has 80 valence electrons. The van der Waals surface area contributed by atoms with Gasteiger partial charge >= 0.3 is 0 Å². The van der Waals surface area contributed by atoms with Crippen LogP contribution in [0.25, 0.3) is 0 Å². The normalized spacial score (nSPS) is 11.9.